The lowest BCUT2D eigenvalue weighted by molar-refractivity contribution is 1.18. The van der Waals surface area contributed by atoms with Gasteiger partial charge in [-0.15, -0.1) is 0 Å². The fraction of sp³-hybridized carbons (Fsp3) is 0.176. The van der Waals surface area contributed by atoms with Crippen LogP contribution in [0.3, 0.4) is 0 Å². The molecule has 2 aromatic carbocycles. The summed E-state index contributed by atoms with van der Waals surface area (Å²) >= 11 is 0. The Morgan fingerprint density at radius 1 is 0.944 bits per heavy atom. The van der Waals surface area contributed by atoms with Crippen molar-refractivity contribution in [2.75, 3.05) is 5.32 Å². The SMILES string of the molecule is C=C(C)Nc1ccc(Cc2ccc(C)cc2)cc1. The lowest BCUT2D eigenvalue weighted by Gasteiger charge is -2.07. The molecule has 1 N–H and O–H groups in total. The molecule has 0 heterocycles. The predicted octanol–water partition coefficient (Wildman–Crippen LogP) is 4.53. The van der Waals surface area contributed by atoms with E-state index in [-0.39, 0.29) is 0 Å². The summed E-state index contributed by atoms with van der Waals surface area (Å²) in [5, 5.41) is 3.21. The van der Waals surface area contributed by atoms with Crippen LogP contribution >= 0.6 is 0 Å². The van der Waals surface area contributed by atoms with E-state index in [1.54, 1.807) is 0 Å². The van der Waals surface area contributed by atoms with Crippen molar-refractivity contribution in [3.05, 3.63) is 77.5 Å². The molecule has 0 unspecified atom stereocenters. The van der Waals surface area contributed by atoms with Crippen molar-refractivity contribution in [2.24, 2.45) is 0 Å². The standard InChI is InChI=1S/C17H19N/c1-13(2)18-17-10-8-16(9-11-17)12-15-6-4-14(3)5-7-15/h4-11,18H,1,12H2,2-3H3. The van der Waals surface area contributed by atoms with Crippen LogP contribution in [0.1, 0.15) is 23.6 Å². The number of rotatable bonds is 4. The highest BCUT2D eigenvalue weighted by Gasteiger charge is 1.97. The normalized spacial score (nSPS) is 10.1. The van der Waals surface area contributed by atoms with E-state index in [1.807, 2.05) is 6.92 Å². The zero-order valence-electron chi connectivity index (χ0n) is 11.0. The van der Waals surface area contributed by atoms with Gasteiger partial charge in [0.25, 0.3) is 0 Å². The van der Waals surface area contributed by atoms with Gasteiger partial charge in [0, 0.05) is 11.4 Å². The number of hydrogen-bond donors (Lipinski definition) is 1. The van der Waals surface area contributed by atoms with E-state index in [2.05, 4.69) is 67.4 Å². The molecule has 0 aliphatic rings. The van der Waals surface area contributed by atoms with Gasteiger partial charge in [-0.1, -0.05) is 48.5 Å². The second-order valence-corrected chi connectivity index (χ2v) is 4.76. The van der Waals surface area contributed by atoms with Crippen LogP contribution in [0.25, 0.3) is 0 Å². The number of nitrogens with one attached hydrogen (secondary N) is 1. The first kappa shape index (κ1) is 12.4. The molecule has 0 spiro atoms. The minimum atomic E-state index is 0.960. The van der Waals surface area contributed by atoms with Gasteiger partial charge in [0.05, 0.1) is 0 Å². The molecule has 1 nitrogen and oxygen atoms in total. The van der Waals surface area contributed by atoms with E-state index in [9.17, 15) is 0 Å². The van der Waals surface area contributed by atoms with Crippen LogP contribution in [0, 0.1) is 6.92 Å². The molecule has 0 bridgehead atoms. The lowest BCUT2D eigenvalue weighted by Crippen LogP contribution is -1.94. The molecule has 2 rings (SSSR count). The second kappa shape index (κ2) is 5.54. The monoisotopic (exact) mass is 237 g/mol. The van der Waals surface area contributed by atoms with Gasteiger partial charge in [-0.3, -0.25) is 0 Å². The Hall–Kier alpha value is -2.02. The molecule has 0 atom stereocenters. The first-order valence-electron chi connectivity index (χ1n) is 6.20. The maximum atomic E-state index is 3.84. The maximum Gasteiger partial charge on any atom is 0.0381 e. The first-order valence-corrected chi connectivity index (χ1v) is 6.20. The molecular weight excluding hydrogens is 218 g/mol. The van der Waals surface area contributed by atoms with Gasteiger partial charge in [-0.25, -0.2) is 0 Å². The van der Waals surface area contributed by atoms with Crippen LogP contribution in [0.4, 0.5) is 5.69 Å². The van der Waals surface area contributed by atoms with Crippen molar-refractivity contribution in [1.82, 2.24) is 0 Å². The van der Waals surface area contributed by atoms with E-state index in [1.165, 1.54) is 16.7 Å². The highest BCUT2D eigenvalue weighted by Crippen LogP contribution is 2.15. The van der Waals surface area contributed by atoms with Crippen molar-refractivity contribution in [1.29, 1.82) is 0 Å². The van der Waals surface area contributed by atoms with Crippen molar-refractivity contribution in [3.63, 3.8) is 0 Å². The zero-order chi connectivity index (χ0) is 13.0. The van der Waals surface area contributed by atoms with Crippen LogP contribution in [0.2, 0.25) is 0 Å². The largest absolute Gasteiger partial charge is 0.360 e. The molecule has 18 heavy (non-hydrogen) atoms. The summed E-state index contributed by atoms with van der Waals surface area (Å²) in [7, 11) is 0. The predicted molar refractivity (Wildman–Crippen MR) is 78.9 cm³/mol. The van der Waals surface area contributed by atoms with Crippen LogP contribution in [0.5, 0.6) is 0 Å². The number of aryl methyl sites for hydroxylation is 1. The van der Waals surface area contributed by atoms with Gasteiger partial charge in [0.2, 0.25) is 0 Å². The number of benzene rings is 2. The lowest BCUT2D eigenvalue weighted by atomic mass is 10.0. The van der Waals surface area contributed by atoms with E-state index in [0.29, 0.717) is 0 Å². The Kier molecular flexibility index (Phi) is 3.83. The molecule has 0 fully saturated rings. The van der Waals surface area contributed by atoms with E-state index < -0.39 is 0 Å². The topological polar surface area (TPSA) is 12.0 Å². The minimum Gasteiger partial charge on any atom is -0.360 e. The van der Waals surface area contributed by atoms with Crippen LogP contribution in [-0.4, -0.2) is 0 Å². The molecule has 0 aliphatic heterocycles. The van der Waals surface area contributed by atoms with Crippen molar-refractivity contribution in [2.45, 2.75) is 20.3 Å². The van der Waals surface area contributed by atoms with Crippen LogP contribution in [0.15, 0.2) is 60.8 Å². The summed E-state index contributed by atoms with van der Waals surface area (Å²) in [5.74, 6) is 0. The van der Waals surface area contributed by atoms with Crippen molar-refractivity contribution in [3.8, 4) is 0 Å². The fourth-order valence-corrected chi connectivity index (χ4v) is 1.89. The quantitative estimate of drug-likeness (QED) is 0.823. The van der Waals surface area contributed by atoms with E-state index in [0.717, 1.165) is 17.8 Å². The number of allylic oxidation sites excluding steroid dienone is 1. The van der Waals surface area contributed by atoms with Crippen molar-refractivity contribution >= 4 is 5.69 Å². The third kappa shape index (κ3) is 3.49. The molecule has 1 heteroatoms. The Morgan fingerprint density at radius 2 is 1.44 bits per heavy atom. The van der Waals surface area contributed by atoms with Gasteiger partial charge in [0.15, 0.2) is 0 Å². The molecule has 92 valence electrons. The van der Waals surface area contributed by atoms with Crippen LogP contribution < -0.4 is 5.32 Å². The van der Waals surface area contributed by atoms with Gasteiger partial charge in [-0.05, 0) is 43.5 Å². The molecule has 0 aliphatic carbocycles. The van der Waals surface area contributed by atoms with E-state index >= 15 is 0 Å². The molecule has 2 aromatic rings. The summed E-state index contributed by atoms with van der Waals surface area (Å²) in [5.41, 5.74) is 6.03. The summed E-state index contributed by atoms with van der Waals surface area (Å²) in [4.78, 5) is 0. The highest BCUT2D eigenvalue weighted by atomic mass is 14.9. The van der Waals surface area contributed by atoms with Gasteiger partial charge in [0.1, 0.15) is 0 Å². The highest BCUT2D eigenvalue weighted by molar-refractivity contribution is 5.48. The summed E-state index contributed by atoms with van der Waals surface area (Å²) < 4.78 is 0. The Balaban J connectivity index is 2.06. The van der Waals surface area contributed by atoms with Gasteiger partial charge >= 0.3 is 0 Å². The number of hydrogen-bond acceptors (Lipinski definition) is 1. The fourth-order valence-electron chi connectivity index (χ4n) is 1.89. The first-order chi connectivity index (χ1) is 8.63. The third-order valence-corrected chi connectivity index (χ3v) is 2.84. The van der Waals surface area contributed by atoms with Gasteiger partial charge < -0.3 is 5.32 Å². The Labute approximate surface area is 109 Å². The summed E-state index contributed by atoms with van der Waals surface area (Å²) in [6.07, 6.45) is 0.980. The third-order valence-electron chi connectivity index (χ3n) is 2.84. The summed E-state index contributed by atoms with van der Waals surface area (Å²) in [6, 6.07) is 17.2. The van der Waals surface area contributed by atoms with E-state index in [4.69, 9.17) is 0 Å². The average molecular weight is 237 g/mol. The smallest absolute Gasteiger partial charge is 0.0381 e. The maximum absolute atomic E-state index is 3.84. The number of anilines is 1. The van der Waals surface area contributed by atoms with Gasteiger partial charge in [-0.2, -0.15) is 0 Å². The Bertz CT molecular complexity index is 521. The zero-order valence-corrected chi connectivity index (χ0v) is 11.0. The molecule has 0 aromatic heterocycles. The molecular formula is C17H19N. The molecule has 0 saturated carbocycles. The van der Waals surface area contributed by atoms with Crippen LogP contribution in [-0.2, 0) is 6.42 Å². The minimum absolute atomic E-state index is 0.960. The summed E-state index contributed by atoms with van der Waals surface area (Å²) in [6.45, 7) is 7.91. The van der Waals surface area contributed by atoms with Crippen molar-refractivity contribution < 1.29 is 0 Å². The molecule has 0 amide bonds. The molecule has 0 radical (unpaired) electrons. The second-order valence-electron chi connectivity index (χ2n) is 4.76. The molecule has 0 saturated heterocycles. The average Bonchev–Trinajstić information content (AvgIpc) is 2.34. The Morgan fingerprint density at radius 3 is 1.94 bits per heavy atom.